The predicted molar refractivity (Wildman–Crippen MR) is 84.4 cm³/mol. The van der Waals surface area contributed by atoms with Crippen LogP contribution in [-0.2, 0) is 11.2 Å². The van der Waals surface area contributed by atoms with Crippen LogP contribution in [0.3, 0.4) is 0 Å². The Morgan fingerprint density at radius 2 is 1.90 bits per heavy atom. The zero-order valence-electron chi connectivity index (χ0n) is 12.7. The molecule has 0 aromatic heterocycles. The fraction of sp³-hybridized carbons (Fsp3) is 0.278. The molecule has 0 spiro atoms. The minimum atomic E-state index is 0.00343. The number of benzene rings is 2. The van der Waals surface area contributed by atoms with E-state index in [1.54, 1.807) is 7.11 Å². The Labute approximate surface area is 126 Å². The highest BCUT2D eigenvalue weighted by Gasteiger charge is 2.10. The van der Waals surface area contributed by atoms with Gasteiger partial charge in [0.05, 0.1) is 19.6 Å². The molecule has 0 aliphatic carbocycles. The minimum Gasteiger partial charge on any atom is -0.497 e. The first-order valence-electron chi connectivity index (χ1n) is 7.07. The third-order valence-electron chi connectivity index (χ3n) is 3.45. The molecule has 0 aliphatic rings. The maximum absolute atomic E-state index is 12.1. The summed E-state index contributed by atoms with van der Waals surface area (Å²) in [6.45, 7) is 4.05. The number of methoxy groups -OCH3 is 1. The highest BCUT2D eigenvalue weighted by molar-refractivity contribution is 5.79. The summed E-state index contributed by atoms with van der Waals surface area (Å²) in [4.78, 5) is 12.1. The standard InChI is InChI=1S/C18H21NO2/c1-13-7-9-16(10-8-13)14(2)19-18(20)12-15-5-4-6-17(11-15)21-3/h4-11,14H,12H2,1-3H3,(H,19,20). The summed E-state index contributed by atoms with van der Waals surface area (Å²) < 4.78 is 5.17. The van der Waals surface area contributed by atoms with Crippen molar-refractivity contribution in [3.8, 4) is 5.75 Å². The van der Waals surface area contributed by atoms with Crippen LogP contribution in [0.5, 0.6) is 5.75 Å². The number of carbonyl (C=O) groups is 1. The molecule has 1 atom stereocenters. The van der Waals surface area contributed by atoms with Gasteiger partial charge in [0.2, 0.25) is 5.91 Å². The summed E-state index contributed by atoms with van der Waals surface area (Å²) in [6.07, 6.45) is 0.355. The van der Waals surface area contributed by atoms with Crippen LogP contribution in [0.15, 0.2) is 48.5 Å². The molecule has 0 saturated carbocycles. The number of hydrogen-bond donors (Lipinski definition) is 1. The van der Waals surface area contributed by atoms with E-state index >= 15 is 0 Å². The average Bonchev–Trinajstić information content (AvgIpc) is 2.47. The van der Waals surface area contributed by atoms with Crippen molar-refractivity contribution in [2.45, 2.75) is 26.3 Å². The minimum absolute atomic E-state index is 0.00343. The Balaban J connectivity index is 1.96. The Bertz CT molecular complexity index is 605. The van der Waals surface area contributed by atoms with Crippen LogP contribution < -0.4 is 10.1 Å². The lowest BCUT2D eigenvalue weighted by atomic mass is 10.1. The molecule has 0 saturated heterocycles. The van der Waals surface area contributed by atoms with Crippen molar-refractivity contribution in [3.05, 3.63) is 65.2 Å². The van der Waals surface area contributed by atoms with Crippen LogP contribution in [0.1, 0.15) is 29.7 Å². The largest absolute Gasteiger partial charge is 0.497 e. The normalized spacial score (nSPS) is 11.8. The van der Waals surface area contributed by atoms with Crippen molar-refractivity contribution in [2.75, 3.05) is 7.11 Å². The lowest BCUT2D eigenvalue weighted by Crippen LogP contribution is -2.28. The van der Waals surface area contributed by atoms with Crippen molar-refractivity contribution in [1.82, 2.24) is 5.32 Å². The third-order valence-corrected chi connectivity index (χ3v) is 3.45. The van der Waals surface area contributed by atoms with Crippen molar-refractivity contribution in [3.63, 3.8) is 0 Å². The molecule has 0 aliphatic heterocycles. The molecular formula is C18H21NO2. The van der Waals surface area contributed by atoms with Crippen LogP contribution in [-0.4, -0.2) is 13.0 Å². The van der Waals surface area contributed by atoms with E-state index in [-0.39, 0.29) is 11.9 Å². The van der Waals surface area contributed by atoms with Gasteiger partial charge in [0, 0.05) is 0 Å². The number of carbonyl (C=O) groups excluding carboxylic acids is 1. The molecule has 1 unspecified atom stereocenters. The Morgan fingerprint density at radius 1 is 1.19 bits per heavy atom. The van der Waals surface area contributed by atoms with E-state index in [9.17, 15) is 4.79 Å². The molecule has 0 bridgehead atoms. The molecule has 1 N–H and O–H groups in total. The first-order valence-corrected chi connectivity index (χ1v) is 7.07. The van der Waals surface area contributed by atoms with Crippen molar-refractivity contribution in [1.29, 1.82) is 0 Å². The van der Waals surface area contributed by atoms with E-state index in [1.807, 2.05) is 43.3 Å². The molecule has 0 fully saturated rings. The van der Waals surface area contributed by atoms with Gasteiger partial charge in [0.15, 0.2) is 0 Å². The summed E-state index contributed by atoms with van der Waals surface area (Å²) in [7, 11) is 1.62. The summed E-state index contributed by atoms with van der Waals surface area (Å²) >= 11 is 0. The molecule has 2 rings (SSSR count). The summed E-state index contributed by atoms with van der Waals surface area (Å²) in [5.41, 5.74) is 3.27. The first-order chi connectivity index (χ1) is 10.1. The lowest BCUT2D eigenvalue weighted by Gasteiger charge is -2.15. The number of ether oxygens (including phenoxy) is 1. The van der Waals surface area contributed by atoms with Crippen molar-refractivity contribution >= 4 is 5.91 Å². The van der Waals surface area contributed by atoms with Gasteiger partial charge in [0.1, 0.15) is 5.75 Å². The fourth-order valence-corrected chi connectivity index (χ4v) is 2.20. The van der Waals surface area contributed by atoms with Gasteiger partial charge in [0.25, 0.3) is 0 Å². The van der Waals surface area contributed by atoms with E-state index in [0.29, 0.717) is 6.42 Å². The van der Waals surface area contributed by atoms with Crippen LogP contribution >= 0.6 is 0 Å². The van der Waals surface area contributed by atoms with Gasteiger partial charge in [-0.05, 0) is 37.1 Å². The van der Waals surface area contributed by atoms with Crippen molar-refractivity contribution in [2.24, 2.45) is 0 Å². The maximum atomic E-state index is 12.1. The summed E-state index contributed by atoms with van der Waals surface area (Å²) in [5, 5.41) is 3.02. The zero-order valence-corrected chi connectivity index (χ0v) is 12.7. The quantitative estimate of drug-likeness (QED) is 0.913. The van der Waals surface area contributed by atoms with E-state index in [0.717, 1.165) is 16.9 Å². The molecule has 3 heteroatoms. The monoisotopic (exact) mass is 283 g/mol. The van der Waals surface area contributed by atoms with E-state index in [2.05, 4.69) is 24.4 Å². The second kappa shape index (κ2) is 6.93. The molecule has 0 radical (unpaired) electrons. The molecule has 2 aromatic rings. The van der Waals surface area contributed by atoms with Gasteiger partial charge in [-0.3, -0.25) is 4.79 Å². The SMILES string of the molecule is COc1cccc(CC(=O)NC(C)c2ccc(C)cc2)c1. The Hall–Kier alpha value is -2.29. The number of aryl methyl sites for hydroxylation is 1. The maximum Gasteiger partial charge on any atom is 0.224 e. The molecule has 110 valence electrons. The number of rotatable bonds is 5. The van der Waals surface area contributed by atoms with Crippen LogP contribution in [0.2, 0.25) is 0 Å². The number of amides is 1. The molecule has 2 aromatic carbocycles. The van der Waals surface area contributed by atoms with Crippen LogP contribution in [0.25, 0.3) is 0 Å². The first kappa shape index (κ1) is 15.1. The van der Waals surface area contributed by atoms with Crippen molar-refractivity contribution < 1.29 is 9.53 Å². The zero-order chi connectivity index (χ0) is 15.2. The second-order valence-electron chi connectivity index (χ2n) is 5.23. The summed E-state index contributed by atoms with van der Waals surface area (Å²) in [5.74, 6) is 0.781. The highest BCUT2D eigenvalue weighted by Crippen LogP contribution is 2.15. The molecule has 3 nitrogen and oxygen atoms in total. The van der Waals surface area contributed by atoms with E-state index in [4.69, 9.17) is 4.74 Å². The van der Waals surface area contributed by atoms with Crippen LogP contribution in [0.4, 0.5) is 0 Å². The topological polar surface area (TPSA) is 38.3 Å². The molecule has 21 heavy (non-hydrogen) atoms. The van der Waals surface area contributed by atoms with Gasteiger partial charge in [-0.1, -0.05) is 42.0 Å². The average molecular weight is 283 g/mol. The second-order valence-corrected chi connectivity index (χ2v) is 5.23. The Morgan fingerprint density at radius 3 is 2.57 bits per heavy atom. The Kier molecular flexibility index (Phi) is 4.99. The summed E-state index contributed by atoms with van der Waals surface area (Å²) in [6, 6.07) is 15.8. The molecule has 1 amide bonds. The van der Waals surface area contributed by atoms with Gasteiger partial charge in [-0.15, -0.1) is 0 Å². The van der Waals surface area contributed by atoms with Gasteiger partial charge in [-0.25, -0.2) is 0 Å². The predicted octanol–water partition coefficient (Wildman–Crippen LogP) is 3.42. The smallest absolute Gasteiger partial charge is 0.224 e. The highest BCUT2D eigenvalue weighted by atomic mass is 16.5. The fourth-order valence-electron chi connectivity index (χ4n) is 2.20. The van der Waals surface area contributed by atoms with Gasteiger partial charge < -0.3 is 10.1 Å². The molecular weight excluding hydrogens is 262 g/mol. The van der Waals surface area contributed by atoms with Gasteiger partial charge >= 0.3 is 0 Å². The lowest BCUT2D eigenvalue weighted by molar-refractivity contribution is -0.121. The van der Waals surface area contributed by atoms with Gasteiger partial charge in [-0.2, -0.15) is 0 Å². The third kappa shape index (κ3) is 4.35. The van der Waals surface area contributed by atoms with E-state index in [1.165, 1.54) is 5.56 Å². The number of nitrogens with one attached hydrogen (secondary N) is 1. The van der Waals surface area contributed by atoms with Crippen LogP contribution in [0, 0.1) is 6.92 Å². The van der Waals surface area contributed by atoms with E-state index < -0.39 is 0 Å². The molecule has 0 heterocycles. The number of hydrogen-bond acceptors (Lipinski definition) is 2.